The van der Waals surface area contributed by atoms with E-state index in [4.69, 9.17) is 0 Å². The van der Waals surface area contributed by atoms with Gasteiger partial charge in [-0.1, -0.05) is 72.8 Å². The number of aryl methyl sites for hydroxylation is 4. The molecule has 6 bridgehead atoms. The first-order chi connectivity index (χ1) is 14.8. The smallest absolute Gasteiger partial charge is 0.000798 e. The summed E-state index contributed by atoms with van der Waals surface area (Å²) in [5.74, 6) is 0. The molecule has 0 atom stereocenters. The standard InChI is InChI=1S/C30H24/c1-3-21-11-7-19-9-13-25-23(15-19)17-24-16-20(10-14-26(24)25)8-12-22-4-2-6-28-27(5-1)29(21)18-30(22)28/h1-6,9-10,13-16H,7-8,11-12,17-18H2. The fourth-order valence-electron chi connectivity index (χ4n) is 6.02. The number of rotatable bonds is 0. The second-order valence-electron chi connectivity index (χ2n) is 9.22. The van der Waals surface area contributed by atoms with Gasteiger partial charge in [-0.3, -0.25) is 0 Å². The van der Waals surface area contributed by atoms with Crippen LogP contribution in [-0.4, -0.2) is 0 Å². The largest absolute Gasteiger partial charge is 0.0614 e. The summed E-state index contributed by atoms with van der Waals surface area (Å²) in [7, 11) is 0. The van der Waals surface area contributed by atoms with Crippen molar-refractivity contribution in [3.63, 3.8) is 0 Å². The van der Waals surface area contributed by atoms with Crippen molar-refractivity contribution in [2.45, 2.75) is 38.5 Å². The lowest BCUT2D eigenvalue weighted by Gasteiger charge is -2.10. The third-order valence-electron chi connectivity index (χ3n) is 7.57. The fraction of sp³-hybridized carbons (Fsp3) is 0.200. The highest BCUT2D eigenvalue weighted by molar-refractivity contribution is 5.80. The van der Waals surface area contributed by atoms with Crippen molar-refractivity contribution >= 4 is 0 Å². The molecule has 0 fully saturated rings. The molecule has 3 aliphatic rings. The summed E-state index contributed by atoms with van der Waals surface area (Å²) in [6.07, 6.45) is 6.69. The lowest BCUT2D eigenvalue weighted by molar-refractivity contribution is 0.924. The molecule has 0 heterocycles. The van der Waals surface area contributed by atoms with Crippen LogP contribution in [-0.2, 0) is 38.5 Å². The fourth-order valence-corrected chi connectivity index (χ4v) is 6.02. The molecule has 0 saturated heterocycles. The Morgan fingerprint density at radius 2 is 0.933 bits per heavy atom. The van der Waals surface area contributed by atoms with E-state index >= 15 is 0 Å². The Hall–Kier alpha value is -3.12. The van der Waals surface area contributed by atoms with Crippen LogP contribution in [0.2, 0.25) is 0 Å². The van der Waals surface area contributed by atoms with Gasteiger partial charge in [-0.15, -0.1) is 0 Å². The van der Waals surface area contributed by atoms with E-state index in [1.807, 2.05) is 0 Å². The van der Waals surface area contributed by atoms with E-state index < -0.39 is 0 Å². The normalized spacial score (nSPS) is 15.2. The summed E-state index contributed by atoms with van der Waals surface area (Å²) >= 11 is 0. The third kappa shape index (κ3) is 2.40. The first kappa shape index (κ1) is 16.7. The Labute approximate surface area is 178 Å². The molecule has 0 amide bonds. The van der Waals surface area contributed by atoms with Crippen LogP contribution >= 0.6 is 0 Å². The Bertz CT molecular complexity index is 1240. The average Bonchev–Trinajstić information content (AvgIpc) is 3.33. The lowest BCUT2D eigenvalue weighted by Crippen LogP contribution is -1.99. The zero-order valence-electron chi connectivity index (χ0n) is 17.2. The van der Waals surface area contributed by atoms with Crippen molar-refractivity contribution in [3.05, 3.63) is 117 Å². The molecular formula is C30H24. The van der Waals surface area contributed by atoms with Gasteiger partial charge in [-0.2, -0.15) is 0 Å². The van der Waals surface area contributed by atoms with Crippen LogP contribution in [0.25, 0.3) is 22.3 Å². The molecule has 4 aromatic carbocycles. The van der Waals surface area contributed by atoms with Crippen molar-refractivity contribution in [2.24, 2.45) is 0 Å². The summed E-state index contributed by atoms with van der Waals surface area (Å²) in [5.41, 5.74) is 18.0. The molecule has 0 radical (unpaired) electrons. The van der Waals surface area contributed by atoms with Gasteiger partial charge < -0.3 is 0 Å². The summed E-state index contributed by atoms with van der Waals surface area (Å²) < 4.78 is 0. The Morgan fingerprint density at radius 1 is 0.400 bits per heavy atom. The van der Waals surface area contributed by atoms with Crippen molar-refractivity contribution in [1.29, 1.82) is 0 Å². The molecule has 0 nitrogen and oxygen atoms in total. The number of hydrogen-bond acceptors (Lipinski definition) is 0. The highest BCUT2D eigenvalue weighted by Crippen LogP contribution is 2.42. The van der Waals surface area contributed by atoms with Crippen molar-refractivity contribution in [2.75, 3.05) is 0 Å². The predicted octanol–water partition coefficient (Wildman–Crippen LogP) is 6.71. The average molecular weight is 385 g/mol. The van der Waals surface area contributed by atoms with E-state index in [0.29, 0.717) is 0 Å². The second kappa shape index (κ2) is 6.19. The highest BCUT2D eigenvalue weighted by atomic mass is 14.3. The first-order valence-corrected chi connectivity index (χ1v) is 11.3. The summed E-state index contributed by atoms with van der Waals surface area (Å²) in [5, 5.41) is 0. The molecule has 0 saturated carbocycles. The van der Waals surface area contributed by atoms with Gasteiger partial charge in [-0.25, -0.2) is 0 Å². The zero-order valence-corrected chi connectivity index (χ0v) is 17.2. The van der Waals surface area contributed by atoms with E-state index in [2.05, 4.69) is 72.8 Å². The Balaban J connectivity index is 1.40. The van der Waals surface area contributed by atoms with E-state index in [0.717, 1.165) is 38.5 Å². The monoisotopic (exact) mass is 384 g/mol. The summed E-state index contributed by atoms with van der Waals surface area (Å²) in [6, 6.07) is 28.3. The molecule has 0 heteroatoms. The predicted molar refractivity (Wildman–Crippen MR) is 124 cm³/mol. The molecule has 30 heavy (non-hydrogen) atoms. The van der Waals surface area contributed by atoms with E-state index in [1.165, 1.54) is 55.6 Å². The van der Waals surface area contributed by atoms with Gasteiger partial charge >= 0.3 is 0 Å². The number of hydrogen-bond donors (Lipinski definition) is 0. The molecule has 0 aliphatic heterocycles. The first-order valence-electron chi connectivity index (χ1n) is 11.3. The molecule has 7 rings (SSSR count). The van der Waals surface area contributed by atoms with Gasteiger partial charge in [0.1, 0.15) is 0 Å². The maximum atomic E-state index is 2.47. The minimum Gasteiger partial charge on any atom is -0.0614 e. The maximum absolute atomic E-state index is 2.47. The van der Waals surface area contributed by atoms with Crippen molar-refractivity contribution < 1.29 is 0 Å². The van der Waals surface area contributed by atoms with E-state index in [1.54, 1.807) is 11.1 Å². The minimum atomic E-state index is 1.09. The molecular weight excluding hydrogens is 360 g/mol. The van der Waals surface area contributed by atoms with Crippen LogP contribution in [0.3, 0.4) is 0 Å². The van der Waals surface area contributed by atoms with Crippen LogP contribution in [0.1, 0.15) is 44.5 Å². The molecule has 0 N–H and O–H groups in total. The highest BCUT2D eigenvalue weighted by Gasteiger charge is 2.24. The van der Waals surface area contributed by atoms with Crippen LogP contribution in [0.5, 0.6) is 0 Å². The number of fused-ring (bicyclic) bond motifs is 4. The topological polar surface area (TPSA) is 0 Å². The Morgan fingerprint density at radius 3 is 1.47 bits per heavy atom. The van der Waals surface area contributed by atoms with Crippen LogP contribution in [0, 0.1) is 0 Å². The van der Waals surface area contributed by atoms with E-state index in [-0.39, 0.29) is 0 Å². The molecule has 4 aromatic rings. The quantitative estimate of drug-likeness (QED) is 0.273. The van der Waals surface area contributed by atoms with Gasteiger partial charge in [0.05, 0.1) is 0 Å². The second-order valence-corrected chi connectivity index (χ2v) is 9.22. The van der Waals surface area contributed by atoms with Gasteiger partial charge in [-0.05, 0) is 105 Å². The summed E-state index contributed by atoms with van der Waals surface area (Å²) in [6.45, 7) is 0. The molecule has 0 spiro atoms. The third-order valence-corrected chi connectivity index (χ3v) is 7.57. The SMILES string of the molecule is c1cc2c3c(c1)-c1cccc(c1C3)CCc1ccc3c(c1)Cc1cc(ccc1-3)CC2. The lowest BCUT2D eigenvalue weighted by atomic mass is 9.95. The van der Waals surface area contributed by atoms with Crippen LogP contribution < -0.4 is 0 Å². The van der Waals surface area contributed by atoms with Crippen molar-refractivity contribution in [1.82, 2.24) is 0 Å². The van der Waals surface area contributed by atoms with Crippen LogP contribution in [0.4, 0.5) is 0 Å². The molecule has 0 unspecified atom stereocenters. The maximum Gasteiger partial charge on any atom is -0.000798 e. The molecule has 0 aromatic heterocycles. The Kier molecular flexibility index (Phi) is 3.44. The summed E-state index contributed by atoms with van der Waals surface area (Å²) in [4.78, 5) is 0. The molecule has 144 valence electrons. The van der Waals surface area contributed by atoms with Gasteiger partial charge in [0.15, 0.2) is 0 Å². The number of benzene rings is 4. The van der Waals surface area contributed by atoms with Crippen LogP contribution in [0.15, 0.2) is 72.8 Å². The van der Waals surface area contributed by atoms with Gasteiger partial charge in [0.2, 0.25) is 0 Å². The zero-order chi connectivity index (χ0) is 19.7. The van der Waals surface area contributed by atoms with Gasteiger partial charge in [0.25, 0.3) is 0 Å². The minimum absolute atomic E-state index is 1.09. The van der Waals surface area contributed by atoms with Gasteiger partial charge in [0, 0.05) is 0 Å². The van der Waals surface area contributed by atoms with E-state index in [9.17, 15) is 0 Å². The van der Waals surface area contributed by atoms with Crippen molar-refractivity contribution in [3.8, 4) is 22.3 Å². The molecule has 3 aliphatic carbocycles.